The predicted octanol–water partition coefficient (Wildman–Crippen LogP) is 2.48. The van der Waals surface area contributed by atoms with E-state index in [1.165, 1.54) is 6.20 Å². The van der Waals surface area contributed by atoms with Gasteiger partial charge in [-0.15, -0.1) is 0 Å². The van der Waals surface area contributed by atoms with Crippen molar-refractivity contribution in [1.29, 1.82) is 0 Å². The van der Waals surface area contributed by atoms with Crippen molar-refractivity contribution in [2.24, 2.45) is 0 Å². The molecule has 0 unspecified atom stereocenters. The maximum absolute atomic E-state index is 12.8. The van der Waals surface area contributed by atoms with Crippen molar-refractivity contribution < 1.29 is 13.9 Å². The highest BCUT2D eigenvalue weighted by Gasteiger charge is 2.08. The van der Waals surface area contributed by atoms with Gasteiger partial charge in [0.15, 0.2) is 6.61 Å². The summed E-state index contributed by atoms with van der Waals surface area (Å²) in [5, 5.41) is 0. The van der Waals surface area contributed by atoms with Crippen molar-refractivity contribution in [1.82, 2.24) is 4.98 Å². The second kappa shape index (κ2) is 5.21. The average Bonchev–Trinajstić information content (AvgIpc) is 2.37. The summed E-state index contributed by atoms with van der Waals surface area (Å²) in [6.07, 6.45) is 2.37. The van der Waals surface area contributed by atoms with Gasteiger partial charge in [0.25, 0.3) is 0 Å². The van der Waals surface area contributed by atoms with Crippen LogP contribution in [0, 0.1) is 5.82 Å². The molecule has 3 nitrogen and oxygen atoms in total. The van der Waals surface area contributed by atoms with Gasteiger partial charge in [0, 0.05) is 11.8 Å². The van der Waals surface area contributed by atoms with E-state index in [0.717, 1.165) is 12.3 Å². The summed E-state index contributed by atoms with van der Waals surface area (Å²) in [5.41, 5.74) is 0.209. The molecule has 0 aliphatic heterocycles. The number of ketones is 1. The summed E-state index contributed by atoms with van der Waals surface area (Å²) in [6.45, 7) is -0.130. The number of nitrogens with zero attached hydrogens (tertiary/aromatic N) is 1. The molecule has 2 rings (SSSR count). The summed E-state index contributed by atoms with van der Waals surface area (Å²) >= 11 is 0. The Morgan fingerprint density at radius 2 is 2.00 bits per heavy atom. The molecule has 0 spiro atoms. The standard InChI is InChI=1S/C13H10FNO2/c14-11-6-10(7-15-8-11)13(16)9-17-12-4-2-1-3-5-12/h1-8H,9H2. The minimum Gasteiger partial charge on any atom is -0.485 e. The molecule has 0 amide bonds. The number of benzene rings is 1. The fourth-order valence-electron chi connectivity index (χ4n) is 1.31. The highest BCUT2D eigenvalue weighted by Crippen LogP contribution is 2.09. The zero-order valence-electron chi connectivity index (χ0n) is 8.97. The van der Waals surface area contributed by atoms with Crippen LogP contribution >= 0.6 is 0 Å². The molecule has 0 radical (unpaired) electrons. The van der Waals surface area contributed by atoms with E-state index in [0.29, 0.717) is 5.75 Å². The van der Waals surface area contributed by atoms with E-state index >= 15 is 0 Å². The number of aromatic nitrogens is 1. The first-order valence-electron chi connectivity index (χ1n) is 5.07. The van der Waals surface area contributed by atoms with Gasteiger partial charge >= 0.3 is 0 Å². The smallest absolute Gasteiger partial charge is 0.201 e. The van der Waals surface area contributed by atoms with Gasteiger partial charge in [-0.3, -0.25) is 9.78 Å². The lowest BCUT2D eigenvalue weighted by Gasteiger charge is -2.04. The first-order valence-corrected chi connectivity index (χ1v) is 5.07. The van der Waals surface area contributed by atoms with Gasteiger partial charge in [-0.1, -0.05) is 18.2 Å². The van der Waals surface area contributed by atoms with Crippen LogP contribution in [0.15, 0.2) is 48.8 Å². The maximum atomic E-state index is 12.8. The number of hydrogen-bond acceptors (Lipinski definition) is 3. The second-order valence-electron chi connectivity index (χ2n) is 3.42. The Hall–Kier alpha value is -2.23. The zero-order chi connectivity index (χ0) is 12.1. The van der Waals surface area contributed by atoms with Crippen LogP contribution < -0.4 is 4.74 Å². The normalized spacial score (nSPS) is 9.94. The van der Waals surface area contributed by atoms with Crippen LogP contribution in [0.5, 0.6) is 5.75 Å². The van der Waals surface area contributed by atoms with Crippen molar-refractivity contribution in [2.45, 2.75) is 0 Å². The van der Waals surface area contributed by atoms with Gasteiger partial charge in [0.2, 0.25) is 5.78 Å². The fourth-order valence-corrected chi connectivity index (χ4v) is 1.31. The van der Waals surface area contributed by atoms with E-state index < -0.39 is 5.82 Å². The molecule has 1 heterocycles. The fraction of sp³-hybridized carbons (Fsp3) is 0.0769. The largest absolute Gasteiger partial charge is 0.485 e. The Kier molecular flexibility index (Phi) is 3.45. The van der Waals surface area contributed by atoms with E-state index in [4.69, 9.17) is 4.74 Å². The molecule has 0 aliphatic carbocycles. The highest BCUT2D eigenvalue weighted by molar-refractivity contribution is 5.96. The number of carbonyl (C=O) groups excluding carboxylic acids is 1. The highest BCUT2D eigenvalue weighted by atomic mass is 19.1. The Bertz CT molecular complexity index is 514. The van der Waals surface area contributed by atoms with Gasteiger partial charge in [-0.25, -0.2) is 4.39 Å². The van der Waals surface area contributed by atoms with E-state index in [1.54, 1.807) is 12.1 Å². The minimum absolute atomic E-state index is 0.130. The summed E-state index contributed by atoms with van der Waals surface area (Å²) in [6, 6.07) is 10.1. The molecule has 4 heteroatoms. The maximum Gasteiger partial charge on any atom is 0.201 e. The summed E-state index contributed by atoms with van der Waals surface area (Å²) in [5.74, 6) is -0.235. The monoisotopic (exact) mass is 231 g/mol. The predicted molar refractivity (Wildman–Crippen MR) is 60.5 cm³/mol. The van der Waals surface area contributed by atoms with Crippen LogP contribution in [-0.4, -0.2) is 17.4 Å². The van der Waals surface area contributed by atoms with Crippen molar-refractivity contribution in [3.05, 3.63) is 60.2 Å². The lowest BCUT2D eigenvalue weighted by atomic mass is 10.2. The van der Waals surface area contributed by atoms with Gasteiger partial charge in [-0.05, 0) is 18.2 Å². The van der Waals surface area contributed by atoms with Crippen LogP contribution in [0.3, 0.4) is 0 Å². The van der Waals surface area contributed by atoms with Crippen LogP contribution in [0.25, 0.3) is 0 Å². The van der Waals surface area contributed by atoms with Gasteiger partial charge in [-0.2, -0.15) is 0 Å². The molecule has 0 fully saturated rings. The molecule has 0 N–H and O–H groups in total. The summed E-state index contributed by atoms with van der Waals surface area (Å²) in [4.78, 5) is 15.2. The van der Waals surface area contributed by atoms with Crippen molar-refractivity contribution in [3.63, 3.8) is 0 Å². The van der Waals surface area contributed by atoms with Crippen molar-refractivity contribution >= 4 is 5.78 Å². The zero-order valence-corrected chi connectivity index (χ0v) is 8.97. The van der Waals surface area contributed by atoms with Crippen molar-refractivity contribution in [3.8, 4) is 5.75 Å². The first kappa shape index (κ1) is 11.3. The van der Waals surface area contributed by atoms with Gasteiger partial charge in [0.1, 0.15) is 11.6 Å². The number of rotatable bonds is 4. The number of halogens is 1. The Balaban J connectivity index is 1.98. The lowest BCUT2D eigenvalue weighted by molar-refractivity contribution is 0.0920. The third-order valence-electron chi connectivity index (χ3n) is 2.14. The molecular formula is C13H10FNO2. The molecule has 17 heavy (non-hydrogen) atoms. The number of carbonyl (C=O) groups is 1. The molecule has 0 aliphatic rings. The minimum atomic E-state index is -0.532. The molecule has 86 valence electrons. The number of hydrogen-bond donors (Lipinski definition) is 0. The van der Waals surface area contributed by atoms with Crippen LogP contribution in [0.1, 0.15) is 10.4 Å². The van der Waals surface area contributed by atoms with Gasteiger partial charge in [0.05, 0.1) is 6.20 Å². The molecule has 0 saturated carbocycles. The molecule has 2 aromatic rings. The third-order valence-corrected chi connectivity index (χ3v) is 2.14. The quantitative estimate of drug-likeness (QED) is 0.759. The number of para-hydroxylation sites is 1. The number of pyridine rings is 1. The summed E-state index contributed by atoms with van der Waals surface area (Å²) in [7, 11) is 0. The average molecular weight is 231 g/mol. The first-order chi connectivity index (χ1) is 8.25. The van der Waals surface area contributed by atoms with Crippen LogP contribution in [0.4, 0.5) is 4.39 Å². The topological polar surface area (TPSA) is 39.2 Å². The van der Waals surface area contributed by atoms with Gasteiger partial charge < -0.3 is 4.74 Å². The SMILES string of the molecule is O=C(COc1ccccc1)c1cncc(F)c1. The molecule has 1 aromatic carbocycles. The molecule has 1 aromatic heterocycles. The van der Waals surface area contributed by atoms with E-state index in [1.807, 2.05) is 18.2 Å². The summed E-state index contributed by atoms with van der Waals surface area (Å²) < 4.78 is 18.1. The van der Waals surface area contributed by atoms with E-state index in [2.05, 4.69) is 4.98 Å². The Morgan fingerprint density at radius 1 is 1.24 bits per heavy atom. The van der Waals surface area contributed by atoms with E-state index in [9.17, 15) is 9.18 Å². The Labute approximate surface area is 97.9 Å². The molecule has 0 saturated heterocycles. The van der Waals surface area contributed by atoms with Crippen LogP contribution in [0.2, 0.25) is 0 Å². The third kappa shape index (κ3) is 3.11. The van der Waals surface area contributed by atoms with Crippen molar-refractivity contribution in [2.75, 3.05) is 6.61 Å². The molecule has 0 atom stereocenters. The van der Waals surface area contributed by atoms with Crippen LogP contribution in [-0.2, 0) is 0 Å². The lowest BCUT2D eigenvalue weighted by Crippen LogP contribution is -2.12. The number of ether oxygens (including phenoxy) is 1. The van der Waals surface area contributed by atoms with E-state index in [-0.39, 0.29) is 18.0 Å². The number of Topliss-reactive ketones (excluding diaryl/α,β-unsaturated/α-hetero) is 1. The molecular weight excluding hydrogens is 221 g/mol. The molecule has 0 bridgehead atoms. The second-order valence-corrected chi connectivity index (χ2v) is 3.42. The Morgan fingerprint density at radius 3 is 2.71 bits per heavy atom.